The average Bonchev–Trinajstić information content (AvgIpc) is 3.01. The molecule has 0 fully saturated rings. The summed E-state index contributed by atoms with van der Waals surface area (Å²) < 4.78 is 1.79. The zero-order valence-corrected chi connectivity index (χ0v) is 11.6. The van der Waals surface area contributed by atoms with Gasteiger partial charge in [-0.15, -0.1) is 0 Å². The molecule has 2 aromatic carbocycles. The van der Waals surface area contributed by atoms with Crippen LogP contribution in [0.25, 0.3) is 16.9 Å². The van der Waals surface area contributed by atoms with Gasteiger partial charge in [0, 0.05) is 11.9 Å². The maximum absolute atomic E-state index is 11.5. The van der Waals surface area contributed by atoms with E-state index in [1.54, 1.807) is 35.0 Å². The largest absolute Gasteiger partial charge is 0.478 e. The number of hydrogen-bond acceptors (Lipinski definition) is 2. The Labute approximate surface area is 127 Å². The van der Waals surface area contributed by atoms with E-state index in [9.17, 15) is 9.90 Å². The first-order valence-electron chi connectivity index (χ1n) is 6.71. The van der Waals surface area contributed by atoms with Crippen molar-refractivity contribution >= 4 is 5.97 Å². The van der Waals surface area contributed by atoms with E-state index in [-0.39, 0.29) is 5.56 Å². The fraction of sp³-hybridized carbons (Fsp3) is 0. The van der Waals surface area contributed by atoms with Gasteiger partial charge in [0.1, 0.15) is 0 Å². The molecule has 0 aliphatic heterocycles. The van der Waals surface area contributed by atoms with Crippen molar-refractivity contribution in [2.24, 2.45) is 0 Å². The second kappa shape index (κ2) is 5.58. The zero-order chi connectivity index (χ0) is 15.5. The molecular formula is C18H12N2O2. The lowest BCUT2D eigenvalue weighted by molar-refractivity contribution is 0.0698. The van der Waals surface area contributed by atoms with Crippen LogP contribution in [0.15, 0.2) is 66.9 Å². The third-order valence-corrected chi connectivity index (χ3v) is 3.42. The zero-order valence-electron chi connectivity index (χ0n) is 11.6. The number of carbonyl (C=O) groups is 1. The first-order valence-corrected chi connectivity index (χ1v) is 6.71. The van der Waals surface area contributed by atoms with Gasteiger partial charge in [-0.1, -0.05) is 36.4 Å². The van der Waals surface area contributed by atoms with Gasteiger partial charge in [0.25, 0.3) is 0 Å². The Balaban J connectivity index is 2.25. The molecule has 0 radical (unpaired) electrons. The van der Waals surface area contributed by atoms with Crippen LogP contribution in [0.3, 0.4) is 0 Å². The highest BCUT2D eigenvalue weighted by molar-refractivity contribution is 5.95. The molecule has 3 rings (SSSR count). The minimum atomic E-state index is -0.978. The van der Waals surface area contributed by atoms with Crippen LogP contribution in [0.5, 0.6) is 0 Å². The number of nitriles is 1. The van der Waals surface area contributed by atoms with E-state index in [0.717, 1.165) is 11.3 Å². The van der Waals surface area contributed by atoms with Crippen LogP contribution in [0, 0.1) is 11.3 Å². The lowest BCUT2D eigenvalue weighted by Crippen LogP contribution is -2.02. The van der Waals surface area contributed by atoms with Crippen LogP contribution in [0.2, 0.25) is 0 Å². The number of benzene rings is 2. The van der Waals surface area contributed by atoms with Gasteiger partial charge >= 0.3 is 5.97 Å². The van der Waals surface area contributed by atoms with Crippen LogP contribution < -0.4 is 0 Å². The van der Waals surface area contributed by atoms with Crippen LogP contribution >= 0.6 is 0 Å². The fourth-order valence-electron chi connectivity index (χ4n) is 2.44. The van der Waals surface area contributed by atoms with Crippen molar-refractivity contribution in [3.05, 3.63) is 78.0 Å². The third-order valence-electron chi connectivity index (χ3n) is 3.42. The number of carboxylic acid groups (broad SMARTS) is 1. The molecule has 1 heterocycles. The van der Waals surface area contributed by atoms with Crippen molar-refractivity contribution in [1.82, 2.24) is 4.57 Å². The van der Waals surface area contributed by atoms with Gasteiger partial charge in [0.2, 0.25) is 0 Å². The minimum Gasteiger partial charge on any atom is -0.478 e. The number of carboxylic acids is 1. The molecule has 0 amide bonds. The van der Waals surface area contributed by atoms with Crippen LogP contribution in [-0.4, -0.2) is 15.6 Å². The van der Waals surface area contributed by atoms with Gasteiger partial charge in [-0.05, 0) is 29.8 Å². The Morgan fingerprint density at radius 1 is 1.05 bits per heavy atom. The van der Waals surface area contributed by atoms with E-state index in [2.05, 4.69) is 6.07 Å². The van der Waals surface area contributed by atoms with Crippen LogP contribution in [-0.2, 0) is 0 Å². The second-order valence-electron chi connectivity index (χ2n) is 4.78. The van der Waals surface area contributed by atoms with Crippen molar-refractivity contribution in [3.8, 4) is 23.0 Å². The standard InChI is InChI=1S/C18H12N2O2/c19-12-13-5-4-8-15(11-13)20-10-9-16(18(21)22)17(20)14-6-2-1-3-7-14/h1-11H,(H,21,22). The smallest absolute Gasteiger partial charge is 0.337 e. The molecule has 4 heteroatoms. The molecule has 0 aliphatic rings. The van der Waals surface area contributed by atoms with Crippen LogP contribution in [0.4, 0.5) is 0 Å². The highest BCUT2D eigenvalue weighted by Gasteiger charge is 2.17. The van der Waals surface area contributed by atoms with Gasteiger partial charge in [-0.25, -0.2) is 4.79 Å². The highest BCUT2D eigenvalue weighted by atomic mass is 16.4. The summed E-state index contributed by atoms with van der Waals surface area (Å²) in [5.41, 5.74) is 2.93. The molecule has 0 aliphatic carbocycles. The summed E-state index contributed by atoms with van der Waals surface area (Å²) in [5.74, 6) is -0.978. The van der Waals surface area contributed by atoms with E-state index in [1.807, 2.05) is 36.4 Å². The lowest BCUT2D eigenvalue weighted by Gasteiger charge is -2.11. The average molecular weight is 288 g/mol. The van der Waals surface area contributed by atoms with Crippen molar-refractivity contribution in [2.45, 2.75) is 0 Å². The van der Waals surface area contributed by atoms with E-state index in [1.165, 1.54) is 0 Å². The maximum atomic E-state index is 11.5. The Morgan fingerprint density at radius 3 is 2.50 bits per heavy atom. The summed E-state index contributed by atoms with van der Waals surface area (Å²) in [7, 11) is 0. The second-order valence-corrected chi connectivity index (χ2v) is 4.78. The van der Waals surface area contributed by atoms with E-state index >= 15 is 0 Å². The van der Waals surface area contributed by atoms with Gasteiger partial charge in [0.15, 0.2) is 0 Å². The molecule has 1 aromatic heterocycles. The predicted molar refractivity (Wildman–Crippen MR) is 82.9 cm³/mol. The van der Waals surface area contributed by atoms with E-state index < -0.39 is 5.97 Å². The highest BCUT2D eigenvalue weighted by Crippen LogP contribution is 2.28. The number of nitrogens with zero attached hydrogens (tertiary/aromatic N) is 2. The molecule has 1 N–H and O–H groups in total. The van der Waals surface area contributed by atoms with Gasteiger partial charge in [-0.3, -0.25) is 0 Å². The molecule has 106 valence electrons. The van der Waals surface area contributed by atoms with E-state index in [0.29, 0.717) is 11.3 Å². The number of aromatic nitrogens is 1. The quantitative estimate of drug-likeness (QED) is 0.798. The topological polar surface area (TPSA) is 66.0 Å². The molecule has 0 unspecified atom stereocenters. The molecule has 0 atom stereocenters. The lowest BCUT2D eigenvalue weighted by atomic mass is 10.1. The number of aromatic carboxylic acids is 1. The summed E-state index contributed by atoms with van der Waals surface area (Å²) >= 11 is 0. The fourth-order valence-corrected chi connectivity index (χ4v) is 2.44. The number of hydrogen-bond donors (Lipinski definition) is 1. The Bertz CT molecular complexity index is 874. The molecule has 0 spiro atoms. The molecule has 0 saturated carbocycles. The number of rotatable bonds is 3. The maximum Gasteiger partial charge on any atom is 0.337 e. The first kappa shape index (κ1) is 13.7. The normalized spacial score (nSPS) is 10.1. The predicted octanol–water partition coefficient (Wildman–Crippen LogP) is 3.71. The van der Waals surface area contributed by atoms with Crippen molar-refractivity contribution in [1.29, 1.82) is 5.26 Å². The summed E-state index contributed by atoms with van der Waals surface area (Å²) in [6.07, 6.45) is 1.71. The summed E-state index contributed by atoms with van der Waals surface area (Å²) in [6, 6.07) is 20.1. The monoisotopic (exact) mass is 288 g/mol. The van der Waals surface area contributed by atoms with E-state index in [4.69, 9.17) is 5.26 Å². The molecule has 3 aromatic rings. The van der Waals surface area contributed by atoms with Gasteiger partial charge < -0.3 is 9.67 Å². The Kier molecular flexibility index (Phi) is 3.47. The van der Waals surface area contributed by atoms with Crippen molar-refractivity contribution < 1.29 is 9.90 Å². The Morgan fingerprint density at radius 2 is 1.82 bits per heavy atom. The van der Waals surface area contributed by atoms with Gasteiger partial charge in [-0.2, -0.15) is 5.26 Å². The summed E-state index contributed by atoms with van der Waals surface area (Å²) in [4.78, 5) is 11.5. The molecule has 4 nitrogen and oxygen atoms in total. The van der Waals surface area contributed by atoms with Crippen molar-refractivity contribution in [2.75, 3.05) is 0 Å². The SMILES string of the molecule is N#Cc1cccc(-n2ccc(C(=O)O)c2-c2ccccc2)c1. The molecular weight excluding hydrogens is 276 g/mol. The van der Waals surface area contributed by atoms with Crippen molar-refractivity contribution in [3.63, 3.8) is 0 Å². The summed E-state index contributed by atoms with van der Waals surface area (Å²) in [6.45, 7) is 0. The molecule has 0 bridgehead atoms. The Hall–Kier alpha value is -3.32. The van der Waals surface area contributed by atoms with Gasteiger partial charge in [0.05, 0.1) is 22.9 Å². The summed E-state index contributed by atoms with van der Waals surface area (Å²) in [5, 5.41) is 18.5. The minimum absolute atomic E-state index is 0.230. The first-order chi connectivity index (χ1) is 10.7. The molecule has 22 heavy (non-hydrogen) atoms. The van der Waals surface area contributed by atoms with Crippen LogP contribution in [0.1, 0.15) is 15.9 Å². The molecule has 0 saturated heterocycles. The third kappa shape index (κ3) is 2.36.